The van der Waals surface area contributed by atoms with Gasteiger partial charge in [0.25, 0.3) is 0 Å². The van der Waals surface area contributed by atoms with Gasteiger partial charge in [0.2, 0.25) is 0 Å². The Bertz CT molecular complexity index is 735. The van der Waals surface area contributed by atoms with Crippen LogP contribution in [0.2, 0.25) is 0 Å². The third kappa shape index (κ3) is 3.93. The van der Waals surface area contributed by atoms with Crippen molar-refractivity contribution in [2.24, 2.45) is 5.92 Å². The number of hydrogen-bond acceptors (Lipinski definition) is 3. The summed E-state index contributed by atoms with van der Waals surface area (Å²) in [6.45, 7) is 8.09. The molecule has 2 aliphatic rings. The molecular formula is C21H29FN4. The van der Waals surface area contributed by atoms with E-state index in [0.717, 1.165) is 56.3 Å². The first-order valence-corrected chi connectivity index (χ1v) is 9.92. The van der Waals surface area contributed by atoms with Crippen molar-refractivity contribution in [1.82, 2.24) is 14.5 Å². The number of imidazole rings is 1. The van der Waals surface area contributed by atoms with E-state index in [1.807, 2.05) is 12.3 Å². The molecule has 1 aromatic heterocycles. The molecule has 2 fully saturated rings. The molecule has 5 heteroatoms. The Morgan fingerprint density at radius 1 is 1.15 bits per heavy atom. The normalized spacial score (nSPS) is 21.5. The van der Waals surface area contributed by atoms with Crippen molar-refractivity contribution in [1.29, 1.82) is 0 Å². The van der Waals surface area contributed by atoms with Gasteiger partial charge in [-0.05, 0) is 62.8 Å². The lowest BCUT2D eigenvalue weighted by Gasteiger charge is -2.33. The number of benzene rings is 1. The molecule has 2 saturated heterocycles. The third-order valence-corrected chi connectivity index (χ3v) is 5.85. The zero-order chi connectivity index (χ0) is 17.9. The van der Waals surface area contributed by atoms with Crippen LogP contribution in [0.3, 0.4) is 0 Å². The van der Waals surface area contributed by atoms with Crippen LogP contribution < -0.4 is 4.90 Å². The van der Waals surface area contributed by atoms with Gasteiger partial charge in [0.05, 0.1) is 5.69 Å². The van der Waals surface area contributed by atoms with Gasteiger partial charge < -0.3 is 9.47 Å². The number of aromatic nitrogens is 2. The van der Waals surface area contributed by atoms with Crippen LogP contribution in [0, 0.1) is 18.7 Å². The Balaban J connectivity index is 1.37. The second-order valence-corrected chi connectivity index (χ2v) is 7.85. The molecule has 0 spiro atoms. The first-order valence-electron chi connectivity index (χ1n) is 9.92. The first kappa shape index (κ1) is 17.5. The summed E-state index contributed by atoms with van der Waals surface area (Å²) in [6, 6.07) is 5.84. The van der Waals surface area contributed by atoms with E-state index in [4.69, 9.17) is 0 Å². The molecule has 3 heterocycles. The lowest BCUT2D eigenvalue weighted by Crippen LogP contribution is -2.36. The predicted octanol–water partition coefficient (Wildman–Crippen LogP) is 3.84. The number of aryl methyl sites for hydroxylation is 1. The molecule has 4 nitrogen and oxygen atoms in total. The van der Waals surface area contributed by atoms with Crippen LogP contribution in [0.15, 0.2) is 30.6 Å². The van der Waals surface area contributed by atoms with Gasteiger partial charge in [-0.1, -0.05) is 6.07 Å². The van der Waals surface area contributed by atoms with Crippen LogP contribution in [-0.2, 0) is 13.1 Å². The fraction of sp³-hybridized carbons (Fsp3) is 0.571. The molecule has 0 radical (unpaired) electrons. The fourth-order valence-corrected chi connectivity index (χ4v) is 4.44. The Hall–Kier alpha value is -1.88. The highest BCUT2D eigenvalue weighted by Gasteiger charge is 2.22. The molecule has 1 unspecified atom stereocenters. The third-order valence-electron chi connectivity index (χ3n) is 5.85. The second kappa shape index (κ2) is 7.78. The smallest absolute Gasteiger partial charge is 0.146 e. The van der Waals surface area contributed by atoms with Crippen LogP contribution in [0.1, 0.15) is 37.1 Å². The van der Waals surface area contributed by atoms with E-state index in [1.54, 1.807) is 6.07 Å². The minimum atomic E-state index is -0.0630. The summed E-state index contributed by atoms with van der Waals surface area (Å²) in [5.41, 5.74) is 1.86. The highest BCUT2D eigenvalue weighted by molar-refractivity contribution is 5.49. The summed E-state index contributed by atoms with van der Waals surface area (Å²) in [7, 11) is 0. The zero-order valence-corrected chi connectivity index (χ0v) is 15.7. The van der Waals surface area contributed by atoms with E-state index in [0.29, 0.717) is 5.92 Å². The van der Waals surface area contributed by atoms with Gasteiger partial charge in [-0.3, -0.25) is 4.90 Å². The maximum absolute atomic E-state index is 14.6. The SMILES string of the molecule is Cc1nccn1CC1CCCN(Cc2ccc(N3CCCC3)c(F)c2)C1. The minimum absolute atomic E-state index is 0.0630. The van der Waals surface area contributed by atoms with E-state index in [1.165, 1.54) is 25.7 Å². The second-order valence-electron chi connectivity index (χ2n) is 7.85. The van der Waals surface area contributed by atoms with Crippen molar-refractivity contribution in [2.45, 2.75) is 45.7 Å². The molecule has 2 aliphatic heterocycles. The van der Waals surface area contributed by atoms with E-state index in [2.05, 4.69) is 38.5 Å². The quantitative estimate of drug-likeness (QED) is 0.813. The fourth-order valence-electron chi connectivity index (χ4n) is 4.44. The summed E-state index contributed by atoms with van der Waals surface area (Å²) in [5, 5.41) is 0. The van der Waals surface area contributed by atoms with Crippen molar-refractivity contribution < 1.29 is 4.39 Å². The number of nitrogens with zero attached hydrogens (tertiary/aromatic N) is 4. The van der Waals surface area contributed by atoms with Gasteiger partial charge in [0.1, 0.15) is 11.6 Å². The average molecular weight is 356 g/mol. The van der Waals surface area contributed by atoms with Crippen LogP contribution in [-0.4, -0.2) is 40.6 Å². The van der Waals surface area contributed by atoms with E-state index >= 15 is 0 Å². The Morgan fingerprint density at radius 2 is 2.00 bits per heavy atom. The van der Waals surface area contributed by atoms with Gasteiger partial charge in [-0.25, -0.2) is 9.37 Å². The lowest BCUT2D eigenvalue weighted by atomic mass is 9.97. The standard InChI is InChI=1S/C21H29FN4/c1-17-23-8-12-26(17)16-19-5-4-9-24(15-19)14-18-6-7-21(20(22)13-18)25-10-2-3-11-25/h6-8,12-13,19H,2-5,9-11,14-16H2,1H3. The van der Waals surface area contributed by atoms with Gasteiger partial charge in [0, 0.05) is 45.1 Å². The first-order chi connectivity index (χ1) is 12.7. The molecule has 4 rings (SSSR count). The largest absolute Gasteiger partial charge is 0.369 e. The predicted molar refractivity (Wildman–Crippen MR) is 103 cm³/mol. The molecule has 2 aromatic rings. The molecule has 0 bridgehead atoms. The van der Waals surface area contributed by atoms with Crippen LogP contribution >= 0.6 is 0 Å². The number of halogens is 1. The van der Waals surface area contributed by atoms with Crippen molar-refractivity contribution in [3.8, 4) is 0 Å². The lowest BCUT2D eigenvalue weighted by molar-refractivity contribution is 0.155. The van der Waals surface area contributed by atoms with E-state index < -0.39 is 0 Å². The molecule has 0 aliphatic carbocycles. The molecule has 26 heavy (non-hydrogen) atoms. The molecule has 0 N–H and O–H groups in total. The minimum Gasteiger partial charge on any atom is -0.369 e. The number of rotatable bonds is 5. The monoisotopic (exact) mass is 356 g/mol. The molecule has 0 amide bonds. The topological polar surface area (TPSA) is 24.3 Å². The van der Waals surface area contributed by atoms with Gasteiger partial charge in [-0.15, -0.1) is 0 Å². The molecule has 1 aromatic carbocycles. The maximum Gasteiger partial charge on any atom is 0.146 e. The van der Waals surface area contributed by atoms with Gasteiger partial charge >= 0.3 is 0 Å². The summed E-state index contributed by atoms with van der Waals surface area (Å²) in [6.07, 6.45) is 8.77. The number of likely N-dealkylation sites (tertiary alicyclic amines) is 1. The molecule has 140 valence electrons. The van der Waals surface area contributed by atoms with Crippen LogP contribution in [0.5, 0.6) is 0 Å². The molecule has 0 saturated carbocycles. The van der Waals surface area contributed by atoms with Crippen LogP contribution in [0.4, 0.5) is 10.1 Å². The molecular weight excluding hydrogens is 327 g/mol. The van der Waals surface area contributed by atoms with Crippen molar-refractivity contribution in [3.63, 3.8) is 0 Å². The highest BCUT2D eigenvalue weighted by atomic mass is 19.1. The average Bonchev–Trinajstić information content (AvgIpc) is 3.28. The van der Waals surface area contributed by atoms with E-state index in [-0.39, 0.29) is 5.82 Å². The molecule has 1 atom stereocenters. The van der Waals surface area contributed by atoms with Gasteiger partial charge in [-0.2, -0.15) is 0 Å². The summed E-state index contributed by atoms with van der Waals surface area (Å²) in [5.74, 6) is 1.67. The summed E-state index contributed by atoms with van der Waals surface area (Å²) < 4.78 is 16.8. The summed E-state index contributed by atoms with van der Waals surface area (Å²) in [4.78, 5) is 8.97. The number of hydrogen-bond donors (Lipinski definition) is 0. The number of piperidine rings is 1. The summed E-state index contributed by atoms with van der Waals surface area (Å²) >= 11 is 0. The zero-order valence-electron chi connectivity index (χ0n) is 15.7. The Morgan fingerprint density at radius 3 is 2.73 bits per heavy atom. The van der Waals surface area contributed by atoms with Gasteiger partial charge in [0.15, 0.2) is 0 Å². The maximum atomic E-state index is 14.6. The van der Waals surface area contributed by atoms with Crippen molar-refractivity contribution >= 4 is 5.69 Å². The Kier molecular flexibility index (Phi) is 5.25. The number of anilines is 1. The van der Waals surface area contributed by atoms with Crippen molar-refractivity contribution in [3.05, 3.63) is 47.8 Å². The van der Waals surface area contributed by atoms with Crippen LogP contribution in [0.25, 0.3) is 0 Å². The Labute approximate surface area is 155 Å². The van der Waals surface area contributed by atoms with E-state index in [9.17, 15) is 4.39 Å². The van der Waals surface area contributed by atoms with Crippen molar-refractivity contribution in [2.75, 3.05) is 31.1 Å². The highest BCUT2D eigenvalue weighted by Crippen LogP contribution is 2.26.